The summed E-state index contributed by atoms with van der Waals surface area (Å²) in [7, 11) is 0. The van der Waals surface area contributed by atoms with Crippen LogP contribution in [0.15, 0.2) is 55.1 Å². The van der Waals surface area contributed by atoms with E-state index in [-0.39, 0.29) is 11.6 Å². The van der Waals surface area contributed by atoms with Gasteiger partial charge < -0.3 is 19.6 Å². The van der Waals surface area contributed by atoms with E-state index in [1.165, 1.54) is 18.5 Å². The van der Waals surface area contributed by atoms with Gasteiger partial charge in [-0.25, -0.2) is 9.78 Å². The Hall–Kier alpha value is -3.35. The van der Waals surface area contributed by atoms with Crippen LogP contribution in [0.25, 0.3) is 5.82 Å². The number of esters is 1. The molecule has 7 nitrogen and oxygen atoms in total. The first-order valence-electron chi connectivity index (χ1n) is 7.43. The Morgan fingerprint density at radius 1 is 1.29 bits per heavy atom. The summed E-state index contributed by atoms with van der Waals surface area (Å²) < 4.78 is 6.73. The van der Waals surface area contributed by atoms with Crippen molar-refractivity contribution in [2.45, 2.75) is 6.92 Å². The highest BCUT2D eigenvalue weighted by Crippen LogP contribution is 2.13. The number of carbonyl (C=O) groups excluding carboxylic acids is 2. The minimum absolute atomic E-state index is 0.285. The van der Waals surface area contributed by atoms with Gasteiger partial charge in [0.25, 0.3) is 5.91 Å². The standard InChI is InChI=1S/C17H16N4O3/c1-2-24-17(23)14-9-13(11-18-14)20-16(22)12-5-6-15(19-10-12)21-7-3-4-8-21/h3-11,18H,2H2,1H3,(H,20,22). The molecule has 0 atom stereocenters. The molecule has 0 aliphatic carbocycles. The maximum atomic E-state index is 12.2. The van der Waals surface area contributed by atoms with Crippen LogP contribution in [-0.2, 0) is 4.74 Å². The Morgan fingerprint density at radius 3 is 2.75 bits per heavy atom. The van der Waals surface area contributed by atoms with Gasteiger partial charge in [0.05, 0.1) is 17.9 Å². The zero-order valence-corrected chi connectivity index (χ0v) is 13.0. The average Bonchev–Trinajstić information content (AvgIpc) is 3.27. The number of hydrogen-bond donors (Lipinski definition) is 2. The highest BCUT2D eigenvalue weighted by atomic mass is 16.5. The van der Waals surface area contributed by atoms with Gasteiger partial charge >= 0.3 is 5.97 Å². The molecule has 0 aliphatic heterocycles. The molecular weight excluding hydrogens is 308 g/mol. The molecule has 2 N–H and O–H groups in total. The van der Waals surface area contributed by atoms with Crippen LogP contribution in [0.2, 0.25) is 0 Å². The molecule has 0 radical (unpaired) electrons. The summed E-state index contributed by atoms with van der Waals surface area (Å²) in [4.78, 5) is 30.8. The zero-order valence-electron chi connectivity index (χ0n) is 13.0. The summed E-state index contributed by atoms with van der Waals surface area (Å²) in [5.41, 5.74) is 1.19. The number of nitrogens with zero attached hydrogens (tertiary/aromatic N) is 2. The fourth-order valence-electron chi connectivity index (χ4n) is 2.16. The number of aromatic nitrogens is 3. The molecule has 24 heavy (non-hydrogen) atoms. The van der Waals surface area contributed by atoms with Crippen molar-refractivity contribution in [1.29, 1.82) is 0 Å². The third kappa shape index (κ3) is 3.35. The molecule has 0 bridgehead atoms. The maximum absolute atomic E-state index is 12.2. The van der Waals surface area contributed by atoms with Crippen LogP contribution in [0.4, 0.5) is 5.69 Å². The summed E-state index contributed by atoms with van der Waals surface area (Å²) in [6.45, 7) is 2.02. The van der Waals surface area contributed by atoms with E-state index in [4.69, 9.17) is 4.74 Å². The van der Waals surface area contributed by atoms with Gasteiger partial charge in [-0.1, -0.05) is 0 Å². The Balaban J connectivity index is 1.68. The van der Waals surface area contributed by atoms with Crippen molar-refractivity contribution in [2.24, 2.45) is 0 Å². The van der Waals surface area contributed by atoms with Gasteiger partial charge in [-0.15, -0.1) is 0 Å². The smallest absolute Gasteiger partial charge is 0.354 e. The predicted octanol–water partition coefficient (Wildman–Crippen LogP) is 2.63. The van der Waals surface area contributed by atoms with E-state index in [2.05, 4.69) is 15.3 Å². The fourth-order valence-corrected chi connectivity index (χ4v) is 2.16. The van der Waals surface area contributed by atoms with E-state index in [1.54, 1.807) is 19.1 Å². The molecule has 0 unspecified atom stereocenters. The number of nitrogens with one attached hydrogen (secondary N) is 2. The van der Waals surface area contributed by atoms with Crippen molar-refractivity contribution >= 4 is 17.6 Å². The van der Waals surface area contributed by atoms with Crippen molar-refractivity contribution in [3.63, 3.8) is 0 Å². The third-order valence-electron chi connectivity index (χ3n) is 3.32. The molecule has 3 aromatic rings. The first-order valence-corrected chi connectivity index (χ1v) is 7.43. The first kappa shape index (κ1) is 15.5. The monoisotopic (exact) mass is 324 g/mol. The number of rotatable bonds is 5. The summed E-state index contributed by atoms with van der Waals surface area (Å²) in [6, 6.07) is 8.77. The van der Waals surface area contributed by atoms with Crippen molar-refractivity contribution in [3.8, 4) is 5.82 Å². The quantitative estimate of drug-likeness (QED) is 0.706. The van der Waals surface area contributed by atoms with Crippen LogP contribution in [0, 0.1) is 0 Å². The van der Waals surface area contributed by atoms with Gasteiger partial charge in [0.15, 0.2) is 0 Å². The molecule has 0 saturated heterocycles. The van der Waals surface area contributed by atoms with Gasteiger partial charge in [0.2, 0.25) is 0 Å². The van der Waals surface area contributed by atoms with Crippen LogP contribution in [0.5, 0.6) is 0 Å². The largest absolute Gasteiger partial charge is 0.461 e. The summed E-state index contributed by atoms with van der Waals surface area (Å²) >= 11 is 0. The first-order chi connectivity index (χ1) is 11.7. The molecule has 3 rings (SSSR count). The number of ether oxygens (including phenoxy) is 1. The number of H-pyrrole nitrogens is 1. The number of hydrogen-bond acceptors (Lipinski definition) is 4. The van der Waals surface area contributed by atoms with Crippen LogP contribution in [-0.4, -0.2) is 33.0 Å². The maximum Gasteiger partial charge on any atom is 0.354 e. The number of pyridine rings is 1. The number of amides is 1. The number of anilines is 1. The van der Waals surface area contributed by atoms with Crippen molar-refractivity contribution in [2.75, 3.05) is 11.9 Å². The lowest BCUT2D eigenvalue weighted by atomic mass is 10.2. The van der Waals surface area contributed by atoms with E-state index in [0.717, 1.165) is 5.82 Å². The Morgan fingerprint density at radius 2 is 2.08 bits per heavy atom. The molecule has 7 heteroatoms. The second kappa shape index (κ2) is 6.82. The second-order valence-electron chi connectivity index (χ2n) is 4.97. The lowest BCUT2D eigenvalue weighted by molar-refractivity contribution is 0.0520. The zero-order chi connectivity index (χ0) is 16.9. The van der Waals surface area contributed by atoms with Gasteiger partial charge in [0, 0.05) is 24.8 Å². The van der Waals surface area contributed by atoms with Crippen LogP contribution in [0.3, 0.4) is 0 Å². The molecule has 0 spiro atoms. The van der Waals surface area contributed by atoms with E-state index >= 15 is 0 Å². The molecular formula is C17H16N4O3. The van der Waals surface area contributed by atoms with Crippen molar-refractivity contribution in [1.82, 2.24) is 14.5 Å². The van der Waals surface area contributed by atoms with E-state index in [9.17, 15) is 9.59 Å². The van der Waals surface area contributed by atoms with Gasteiger partial charge in [0.1, 0.15) is 11.5 Å². The van der Waals surface area contributed by atoms with Gasteiger partial charge in [-0.05, 0) is 37.3 Å². The molecule has 0 saturated carbocycles. The minimum Gasteiger partial charge on any atom is -0.461 e. The lowest BCUT2D eigenvalue weighted by Crippen LogP contribution is -2.12. The predicted molar refractivity (Wildman–Crippen MR) is 88.3 cm³/mol. The highest BCUT2D eigenvalue weighted by molar-refractivity contribution is 6.04. The summed E-state index contributed by atoms with van der Waals surface area (Å²) in [5.74, 6) is -0.0468. The summed E-state index contributed by atoms with van der Waals surface area (Å²) in [5, 5.41) is 2.71. The molecule has 0 fully saturated rings. The minimum atomic E-state index is -0.462. The number of aromatic amines is 1. The molecule has 0 aliphatic rings. The second-order valence-corrected chi connectivity index (χ2v) is 4.97. The normalized spacial score (nSPS) is 10.4. The SMILES string of the molecule is CCOC(=O)c1cc(NC(=O)c2ccc(-n3cccc3)nc2)c[nH]1. The van der Waals surface area contributed by atoms with Gasteiger partial charge in [-0.3, -0.25) is 4.79 Å². The Labute approximate surface area is 138 Å². The fraction of sp³-hybridized carbons (Fsp3) is 0.118. The van der Waals surface area contributed by atoms with Crippen LogP contribution >= 0.6 is 0 Å². The van der Waals surface area contributed by atoms with Crippen LogP contribution < -0.4 is 5.32 Å². The Bertz CT molecular complexity index is 835. The van der Waals surface area contributed by atoms with E-state index in [1.807, 2.05) is 29.1 Å². The summed E-state index contributed by atoms with van der Waals surface area (Å²) in [6.07, 6.45) is 6.78. The number of carbonyl (C=O) groups is 2. The molecule has 3 aromatic heterocycles. The highest BCUT2D eigenvalue weighted by Gasteiger charge is 2.12. The van der Waals surface area contributed by atoms with E-state index in [0.29, 0.717) is 17.9 Å². The van der Waals surface area contributed by atoms with Crippen molar-refractivity contribution in [3.05, 3.63) is 66.4 Å². The van der Waals surface area contributed by atoms with Crippen LogP contribution in [0.1, 0.15) is 27.8 Å². The molecule has 3 heterocycles. The lowest BCUT2D eigenvalue weighted by Gasteiger charge is -2.05. The average molecular weight is 324 g/mol. The molecule has 0 aromatic carbocycles. The van der Waals surface area contributed by atoms with E-state index < -0.39 is 5.97 Å². The molecule has 1 amide bonds. The third-order valence-corrected chi connectivity index (χ3v) is 3.32. The molecule has 122 valence electrons. The Kier molecular flexibility index (Phi) is 4.42. The van der Waals surface area contributed by atoms with Crippen molar-refractivity contribution < 1.29 is 14.3 Å². The topological polar surface area (TPSA) is 89.0 Å². The van der Waals surface area contributed by atoms with Gasteiger partial charge in [-0.2, -0.15) is 0 Å².